The van der Waals surface area contributed by atoms with Gasteiger partial charge in [-0.3, -0.25) is 9.59 Å². The van der Waals surface area contributed by atoms with Crippen LogP contribution in [0.15, 0.2) is 18.2 Å². The molecule has 2 atom stereocenters. The second-order valence-electron chi connectivity index (χ2n) is 6.69. The van der Waals surface area contributed by atoms with E-state index in [0.717, 1.165) is 30.6 Å². The van der Waals surface area contributed by atoms with Gasteiger partial charge in [-0.15, -0.1) is 0 Å². The Morgan fingerprint density at radius 2 is 2.04 bits per heavy atom. The summed E-state index contributed by atoms with van der Waals surface area (Å²) >= 11 is 0. The van der Waals surface area contributed by atoms with E-state index in [1.54, 1.807) is 0 Å². The van der Waals surface area contributed by atoms with E-state index in [-0.39, 0.29) is 17.9 Å². The van der Waals surface area contributed by atoms with Gasteiger partial charge in [0.25, 0.3) is 0 Å². The number of carboxylic acid groups (broad SMARTS) is 1. The molecule has 1 aliphatic carbocycles. The van der Waals surface area contributed by atoms with Crippen LogP contribution in [0.25, 0.3) is 0 Å². The lowest BCUT2D eigenvalue weighted by Gasteiger charge is -2.13. The average Bonchev–Trinajstić information content (AvgIpc) is 2.99. The molecule has 1 aliphatic rings. The molecule has 132 valence electrons. The van der Waals surface area contributed by atoms with Crippen molar-refractivity contribution in [1.82, 2.24) is 5.32 Å². The Kier molecular flexibility index (Phi) is 6.64. The second-order valence-corrected chi connectivity index (χ2v) is 6.69. The molecule has 1 aromatic carbocycles. The van der Waals surface area contributed by atoms with E-state index in [4.69, 9.17) is 9.84 Å². The van der Waals surface area contributed by atoms with Crippen LogP contribution in [0.5, 0.6) is 5.75 Å². The SMILES string of the molecule is Cc1ccc(C)c(OCCCCC(=O)N[C@@H]2CC[C@H](C(=O)O)C2)c1. The normalized spacial score (nSPS) is 19.9. The van der Waals surface area contributed by atoms with Gasteiger partial charge in [0.1, 0.15) is 5.75 Å². The first kappa shape index (κ1) is 18.3. The number of aryl methyl sites for hydroxylation is 2. The minimum absolute atomic E-state index is 0.0118. The summed E-state index contributed by atoms with van der Waals surface area (Å²) in [7, 11) is 0. The number of rotatable bonds is 8. The number of amides is 1. The Morgan fingerprint density at radius 1 is 1.25 bits per heavy atom. The minimum Gasteiger partial charge on any atom is -0.493 e. The highest BCUT2D eigenvalue weighted by Gasteiger charge is 2.30. The van der Waals surface area contributed by atoms with E-state index in [0.29, 0.717) is 25.9 Å². The third-order valence-electron chi connectivity index (χ3n) is 4.55. The van der Waals surface area contributed by atoms with Gasteiger partial charge in [-0.05, 0) is 63.1 Å². The van der Waals surface area contributed by atoms with Gasteiger partial charge in [-0.1, -0.05) is 12.1 Å². The Hall–Kier alpha value is -2.04. The van der Waals surface area contributed by atoms with Crippen LogP contribution in [0.1, 0.15) is 49.7 Å². The molecule has 0 radical (unpaired) electrons. The number of hydrogen-bond donors (Lipinski definition) is 2. The van der Waals surface area contributed by atoms with Crippen molar-refractivity contribution < 1.29 is 19.4 Å². The van der Waals surface area contributed by atoms with E-state index in [1.807, 2.05) is 26.0 Å². The Labute approximate surface area is 143 Å². The molecule has 0 bridgehead atoms. The Morgan fingerprint density at radius 3 is 2.75 bits per heavy atom. The first-order valence-corrected chi connectivity index (χ1v) is 8.68. The van der Waals surface area contributed by atoms with Crippen molar-refractivity contribution in [3.8, 4) is 5.75 Å². The highest BCUT2D eigenvalue weighted by molar-refractivity contribution is 5.76. The van der Waals surface area contributed by atoms with Crippen molar-refractivity contribution in [2.24, 2.45) is 5.92 Å². The van der Waals surface area contributed by atoms with Gasteiger partial charge in [0.2, 0.25) is 5.91 Å². The quantitative estimate of drug-likeness (QED) is 0.716. The maximum Gasteiger partial charge on any atom is 0.306 e. The highest BCUT2D eigenvalue weighted by Crippen LogP contribution is 2.25. The molecule has 5 heteroatoms. The molecule has 1 saturated carbocycles. The van der Waals surface area contributed by atoms with Crippen LogP contribution in [0, 0.1) is 19.8 Å². The monoisotopic (exact) mass is 333 g/mol. The molecule has 0 unspecified atom stereocenters. The topological polar surface area (TPSA) is 75.6 Å². The Balaban J connectivity index is 1.60. The van der Waals surface area contributed by atoms with Crippen molar-refractivity contribution in [3.05, 3.63) is 29.3 Å². The van der Waals surface area contributed by atoms with Crippen molar-refractivity contribution in [1.29, 1.82) is 0 Å². The zero-order chi connectivity index (χ0) is 17.5. The maximum absolute atomic E-state index is 11.9. The predicted octanol–water partition coefficient (Wildman–Crippen LogP) is 3.22. The van der Waals surface area contributed by atoms with Crippen LogP contribution in [0.4, 0.5) is 0 Å². The molecule has 0 aromatic heterocycles. The fourth-order valence-corrected chi connectivity index (χ4v) is 3.07. The van der Waals surface area contributed by atoms with Crippen LogP contribution in [-0.2, 0) is 9.59 Å². The molecular weight excluding hydrogens is 306 g/mol. The van der Waals surface area contributed by atoms with E-state index < -0.39 is 5.97 Å². The number of nitrogens with one attached hydrogen (secondary N) is 1. The lowest BCUT2D eigenvalue weighted by atomic mass is 10.1. The van der Waals surface area contributed by atoms with Crippen LogP contribution < -0.4 is 10.1 Å². The summed E-state index contributed by atoms with van der Waals surface area (Å²) in [5.74, 6) is -0.139. The molecule has 2 N–H and O–H groups in total. The summed E-state index contributed by atoms with van der Waals surface area (Å²) in [5.41, 5.74) is 2.29. The maximum atomic E-state index is 11.9. The Bertz CT molecular complexity index is 585. The van der Waals surface area contributed by atoms with Gasteiger partial charge in [0.05, 0.1) is 12.5 Å². The fourth-order valence-electron chi connectivity index (χ4n) is 3.07. The smallest absolute Gasteiger partial charge is 0.306 e. The summed E-state index contributed by atoms with van der Waals surface area (Å²) in [6, 6.07) is 6.15. The molecule has 5 nitrogen and oxygen atoms in total. The number of carbonyl (C=O) groups excluding carboxylic acids is 1. The zero-order valence-electron chi connectivity index (χ0n) is 14.5. The lowest BCUT2D eigenvalue weighted by molar-refractivity contribution is -0.141. The zero-order valence-corrected chi connectivity index (χ0v) is 14.5. The number of ether oxygens (including phenoxy) is 1. The van der Waals surface area contributed by atoms with E-state index in [2.05, 4.69) is 11.4 Å². The lowest BCUT2D eigenvalue weighted by Crippen LogP contribution is -2.33. The standard InChI is InChI=1S/C19H27NO4/c1-13-6-7-14(2)17(11-13)24-10-4-3-5-18(21)20-16-9-8-15(12-16)19(22)23/h6-7,11,15-16H,3-5,8-10,12H2,1-2H3,(H,20,21)(H,22,23)/t15-,16+/m0/s1. The van der Waals surface area contributed by atoms with Crippen LogP contribution in [-0.4, -0.2) is 29.6 Å². The van der Waals surface area contributed by atoms with Crippen molar-refractivity contribution >= 4 is 11.9 Å². The summed E-state index contributed by atoms with van der Waals surface area (Å²) < 4.78 is 5.78. The van der Waals surface area contributed by atoms with Gasteiger partial charge in [-0.2, -0.15) is 0 Å². The first-order chi connectivity index (χ1) is 11.5. The summed E-state index contributed by atoms with van der Waals surface area (Å²) in [4.78, 5) is 22.8. The number of aliphatic carboxylic acids is 1. The molecule has 1 fully saturated rings. The van der Waals surface area contributed by atoms with Gasteiger partial charge >= 0.3 is 5.97 Å². The average molecular weight is 333 g/mol. The van der Waals surface area contributed by atoms with E-state index in [9.17, 15) is 9.59 Å². The molecule has 0 aliphatic heterocycles. The largest absolute Gasteiger partial charge is 0.493 e. The number of carboxylic acids is 1. The third-order valence-corrected chi connectivity index (χ3v) is 4.55. The highest BCUT2D eigenvalue weighted by atomic mass is 16.5. The van der Waals surface area contributed by atoms with Crippen molar-refractivity contribution in [3.63, 3.8) is 0 Å². The summed E-state index contributed by atoms with van der Waals surface area (Å²) in [5, 5.41) is 11.9. The summed E-state index contributed by atoms with van der Waals surface area (Å²) in [6.45, 7) is 4.66. The fraction of sp³-hybridized carbons (Fsp3) is 0.579. The van der Waals surface area contributed by atoms with Crippen LogP contribution >= 0.6 is 0 Å². The third kappa shape index (κ3) is 5.55. The van der Waals surface area contributed by atoms with Gasteiger partial charge in [-0.25, -0.2) is 0 Å². The molecule has 1 amide bonds. The molecular formula is C19H27NO4. The van der Waals surface area contributed by atoms with Gasteiger partial charge < -0.3 is 15.2 Å². The molecule has 1 aromatic rings. The van der Waals surface area contributed by atoms with Crippen molar-refractivity contribution in [2.75, 3.05) is 6.61 Å². The van der Waals surface area contributed by atoms with E-state index in [1.165, 1.54) is 5.56 Å². The molecule has 24 heavy (non-hydrogen) atoms. The van der Waals surface area contributed by atoms with Crippen molar-refractivity contribution in [2.45, 2.75) is 58.4 Å². The van der Waals surface area contributed by atoms with Gasteiger partial charge in [0, 0.05) is 12.5 Å². The van der Waals surface area contributed by atoms with Crippen LogP contribution in [0.3, 0.4) is 0 Å². The number of unbranched alkanes of at least 4 members (excludes halogenated alkanes) is 1. The first-order valence-electron chi connectivity index (χ1n) is 8.68. The summed E-state index contributed by atoms with van der Waals surface area (Å²) in [6.07, 6.45) is 4.03. The van der Waals surface area contributed by atoms with Gasteiger partial charge in [0.15, 0.2) is 0 Å². The molecule has 0 saturated heterocycles. The number of benzene rings is 1. The minimum atomic E-state index is -0.754. The molecule has 0 spiro atoms. The van der Waals surface area contributed by atoms with E-state index >= 15 is 0 Å². The second kappa shape index (κ2) is 8.71. The molecule has 0 heterocycles. The predicted molar refractivity (Wildman–Crippen MR) is 92.2 cm³/mol. The molecule has 2 rings (SSSR count). The number of hydrogen-bond acceptors (Lipinski definition) is 3. The number of carbonyl (C=O) groups is 2. The van der Waals surface area contributed by atoms with Crippen LogP contribution in [0.2, 0.25) is 0 Å².